The van der Waals surface area contributed by atoms with Gasteiger partial charge in [0.2, 0.25) is 5.01 Å². The first kappa shape index (κ1) is 20.1. The van der Waals surface area contributed by atoms with E-state index in [1.54, 1.807) is 30.3 Å². The van der Waals surface area contributed by atoms with E-state index in [1.165, 1.54) is 14.2 Å². The minimum atomic E-state index is -0.456. The van der Waals surface area contributed by atoms with E-state index in [9.17, 15) is 9.59 Å². The topological polar surface area (TPSA) is 114 Å². The van der Waals surface area contributed by atoms with Gasteiger partial charge in [0.1, 0.15) is 16.5 Å². The minimum absolute atomic E-state index is 0.119. The zero-order chi connectivity index (χ0) is 20.6. The number of hydrogen-bond acceptors (Lipinski definition) is 7. The fourth-order valence-electron chi connectivity index (χ4n) is 2.36. The molecule has 0 aliphatic heterocycles. The third-order valence-corrected chi connectivity index (χ3v) is 4.67. The molecule has 0 aliphatic rings. The molecule has 0 radical (unpaired) electrons. The standard InChI is InChI=1S/C19H19N5O4S/c1-27-13-8-9-15(28-2)14(10-13)22-19(26)20-11-16-23-24-18(29-16)17(25)21-12-6-4-3-5-7-12/h3-10H,11H2,1-2H3,(H,21,25)(H2,20,22,26). The van der Waals surface area contributed by atoms with Gasteiger partial charge in [0.15, 0.2) is 0 Å². The van der Waals surface area contributed by atoms with Crippen LogP contribution in [0.4, 0.5) is 16.2 Å². The molecule has 1 heterocycles. The first-order chi connectivity index (χ1) is 14.1. The molecule has 0 aliphatic carbocycles. The number of hydrogen-bond donors (Lipinski definition) is 3. The van der Waals surface area contributed by atoms with E-state index >= 15 is 0 Å². The van der Waals surface area contributed by atoms with Crippen LogP contribution in [0.3, 0.4) is 0 Å². The summed E-state index contributed by atoms with van der Waals surface area (Å²) in [5, 5.41) is 16.6. The highest BCUT2D eigenvalue weighted by atomic mass is 32.1. The van der Waals surface area contributed by atoms with E-state index in [2.05, 4.69) is 26.1 Å². The van der Waals surface area contributed by atoms with Crippen LogP contribution in [0.2, 0.25) is 0 Å². The average Bonchev–Trinajstić information content (AvgIpc) is 3.22. The smallest absolute Gasteiger partial charge is 0.319 e. The zero-order valence-electron chi connectivity index (χ0n) is 15.8. The van der Waals surface area contributed by atoms with Crippen molar-refractivity contribution in [2.75, 3.05) is 24.9 Å². The van der Waals surface area contributed by atoms with Crippen molar-refractivity contribution in [3.63, 3.8) is 0 Å². The van der Waals surface area contributed by atoms with E-state index in [0.29, 0.717) is 27.9 Å². The number of para-hydroxylation sites is 1. The summed E-state index contributed by atoms with van der Waals surface area (Å²) < 4.78 is 10.4. The Balaban J connectivity index is 1.55. The summed E-state index contributed by atoms with van der Waals surface area (Å²) in [6, 6.07) is 13.7. The van der Waals surface area contributed by atoms with Crippen molar-refractivity contribution in [1.29, 1.82) is 0 Å². The Morgan fingerprint density at radius 3 is 2.52 bits per heavy atom. The van der Waals surface area contributed by atoms with Crippen molar-refractivity contribution in [3.05, 3.63) is 58.5 Å². The third-order valence-electron chi connectivity index (χ3n) is 3.75. The number of methoxy groups -OCH3 is 2. The SMILES string of the molecule is COc1ccc(OC)c(NC(=O)NCc2nnc(C(=O)Nc3ccccc3)s2)c1. The van der Waals surface area contributed by atoms with Gasteiger partial charge >= 0.3 is 6.03 Å². The van der Waals surface area contributed by atoms with Gasteiger partial charge in [-0.2, -0.15) is 0 Å². The van der Waals surface area contributed by atoms with Crippen LogP contribution in [0.1, 0.15) is 14.8 Å². The summed E-state index contributed by atoms with van der Waals surface area (Å²) >= 11 is 1.10. The maximum absolute atomic E-state index is 12.2. The molecular weight excluding hydrogens is 394 g/mol. The van der Waals surface area contributed by atoms with Gasteiger partial charge in [-0.15, -0.1) is 10.2 Å². The van der Waals surface area contributed by atoms with E-state index < -0.39 is 6.03 Å². The number of aromatic nitrogens is 2. The lowest BCUT2D eigenvalue weighted by Gasteiger charge is -2.12. The highest BCUT2D eigenvalue weighted by molar-refractivity contribution is 7.13. The number of nitrogens with one attached hydrogen (secondary N) is 3. The molecule has 2 aromatic carbocycles. The minimum Gasteiger partial charge on any atom is -0.497 e. The molecule has 3 rings (SSSR count). The molecule has 0 unspecified atom stereocenters. The van der Waals surface area contributed by atoms with Gasteiger partial charge in [0.25, 0.3) is 5.91 Å². The molecule has 9 nitrogen and oxygen atoms in total. The van der Waals surface area contributed by atoms with E-state index in [1.807, 2.05) is 18.2 Å². The van der Waals surface area contributed by atoms with Gasteiger partial charge in [-0.1, -0.05) is 29.5 Å². The van der Waals surface area contributed by atoms with Gasteiger partial charge in [-0.25, -0.2) is 4.79 Å². The number of rotatable bonds is 7. The van der Waals surface area contributed by atoms with Crippen LogP contribution in [-0.2, 0) is 6.54 Å². The summed E-state index contributed by atoms with van der Waals surface area (Å²) in [5.41, 5.74) is 1.13. The molecule has 150 valence electrons. The van der Waals surface area contributed by atoms with Crippen LogP contribution in [-0.4, -0.2) is 36.4 Å². The molecule has 0 bridgehead atoms. The summed E-state index contributed by atoms with van der Waals surface area (Å²) in [7, 11) is 3.04. The number of carbonyl (C=O) groups excluding carboxylic acids is 2. The van der Waals surface area contributed by atoms with E-state index in [0.717, 1.165) is 11.3 Å². The molecule has 10 heteroatoms. The molecule has 29 heavy (non-hydrogen) atoms. The molecule has 0 fully saturated rings. The third kappa shape index (κ3) is 5.42. The van der Waals surface area contributed by atoms with E-state index in [-0.39, 0.29) is 17.5 Å². The number of nitrogens with zero attached hydrogens (tertiary/aromatic N) is 2. The fourth-order valence-corrected chi connectivity index (χ4v) is 3.03. The number of amides is 3. The van der Waals surface area contributed by atoms with Crippen molar-refractivity contribution >= 4 is 34.6 Å². The summed E-state index contributed by atoms with van der Waals surface area (Å²) in [5.74, 6) is 0.724. The quantitative estimate of drug-likeness (QED) is 0.548. The lowest BCUT2D eigenvalue weighted by molar-refractivity contribution is 0.102. The lowest BCUT2D eigenvalue weighted by atomic mass is 10.2. The predicted molar refractivity (Wildman–Crippen MR) is 110 cm³/mol. The first-order valence-corrected chi connectivity index (χ1v) is 9.36. The Labute approximate surface area is 171 Å². The van der Waals surface area contributed by atoms with Crippen LogP contribution in [0.25, 0.3) is 0 Å². The first-order valence-electron chi connectivity index (χ1n) is 8.54. The van der Waals surface area contributed by atoms with Crippen molar-refractivity contribution in [2.45, 2.75) is 6.54 Å². The van der Waals surface area contributed by atoms with Crippen molar-refractivity contribution < 1.29 is 19.1 Å². The van der Waals surface area contributed by atoms with Crippen molar-refractivity contribution in [1.82, 2.24) is 15.5 Å². The molecule has 1 aromatic heterocycles. The average molecular weight is 413 g/mol. The molecule has 0 spiro atoms. The van der Waals surface area contributed by atoms with Gasteiger partial charge < -0.3 is 25.4 Å². The molecule has 3 amide bonds. The monoisotopic (exact) mass is 413 g/mol. The Morgan fingerprint density at radius 1 is 1.00 bits per heavy atom. The van der Waals surface area contributed by atoms with Gasteiger partial charge in [0.05, 0.1) is 26.5 Å². The lowest BCUT2D eigenvalue weighted by Crippen LogP contribution is -2.28. The number of anilines is 2. The second-order valence-corrected chi connectivity index (χ2v) is 6.76. The number of carbonyl (C=O) groups is 2. The molecule has 3 aromatic rings. The second kappa shape index (κ2) is 9.51. The molecular formula is C19H19N5O4S. The highest BCUT2D eigenvalue weighted by Crippen LogP contribution is 2.28. The van der Waals surface area contributed by atoms with Crippen LogP contribution in [0.15, 0.2) is 48.5 Å². The van der Waals surface area contributed by atoms with Crippen LogP contribution >= 0.6 is 11.3 Å². The highest BCUT2D eigenvalue weighted by Gasteiger charge is 2.14. The molecule has 0 atom stereocenters. The summed E-state index contributed by atoms with van der Waals surface area (Å²) in [4.78, 5) is 24.4. The molecule has 0 saturated carbocycles. The van der Waals surface area contributed by atoms with Gasteiger partial charge in [0, 0.05) is 11.8 Å². The zero-order valence-corrected chi connectivity index (χ0v) is 16.6. The summed E-state index contributed by atoms with van der Waals surface area (Å²) in [6.45, 7) is 0.119. The molecule has 0 saturated heterocycles. The predicted octanol–water partition coefficient (Wildman–Crippen LogP) is 3.13. The Bertz CT molecular complexity index is 993. The van der Waals surface area contributed by atoms with Crippen LogP contribution in [0.5, 0.6) is 11.5 Å². The van der Waals surface area contributed by atoms with Crippen molar-refractivity contribution in [2.24, 2.45) is 0 Å². The number of urea groups is 1. The number of ether oxygens (including phenoxy) is 2. The normalized spacial score (nSPS) is 10.1. The summed E-state index contributed by atoms with van der Waals surface area (Å²) in [6.07, 6.45) is 0. The second-order valence-electron chi connectivity index (χ2n) is 5.69. The Morgan fingerprint density at radius 2 is 1.79 bits per heavy atom. The fraction of sp³-hybridized carbons (Fsp3) is 0.158. The van der Waals surface area contributed by atoms with Crippen LogP contribution < -0.4 is 25.4 Å². The van der Waals surface area contributed by atoms with Gasteiger partial charge in [-0.05, 0) is 24.3 Å². The Kier molecular flexibility index (Phi) is 6.59. The van der Waals surface area contributed by atoms with Crippen molar-refractivity contribution in [3.8, 4) is 11.5 Å². The van der Waals surface area contributed by atoms with Crippen LogP contribution in [0, 0.1) is 0 Å². The van der Waals surface area contributed by atoms with E-state index in [4.69, 9.17) is 9.47 Å². The number of benzene rings is 2. The maximum atomic E-state index is 12.2. The molecule has 3 N–H and O–H groups in total. The largest absolute Gasteiger partial charge is 0.497 e. The maximum Gasteiger partial charge on any atom is 0.319 e. The Hall–Kier alpha value is -3.66. The van der Waals surface area contributed by atoms with Gasteiger partial charge in [-0.3, -0.25) is 4.79 Å².